The fraction of sp³-hybridized carbons (Fsp3) is 0. The van der Waals surface area contributed by atoms with Crippen LogP contribution >= 0.6 is 11.3 Å². The third-order valence-corrected chi connectivity index (χ3v) is 9.18. The van der Waals surface area contributed by atoms with Gasteiger partial charge in [-0.05, 0) is 69.7 Å². The summed E-state index contributed by atoms with van der Waals surface area (Å²) in [6.07, 6.45) is 0. The number of fused-ring (bicyclic) bond motifs is 5. The predicted octanol–water partition coefficient (Wildman–Crippen LogP) is 13.7. The van der Waals surface area contributed by atoms with Gasteiger partial charge in [0.25, 0.3) is 0 Å². The summed E-state index contributed by atoms with van der Waals surface area (Å²) in [5, 5.41) is 2.54. The smallest absolute Gasteiger partial charge is 0.0645 e. The highest BCUT2D eigenvalue weighted by Crippen LogP contribution is 2.48. The maximum atomic E-state index is 9.60. The summed E-state index contributed by atoms with van der Waals surface area (Å²) in [5.41, 5.74) is -1.73. The molecule has 1 aromatic heterocycles. The fourth-order valence-corrected chi connectivity index (χ4v) is 7.11. The molecule has 0 saturated carbocycles. The Morgan fingerprint density at radius 1 is 0.438 bits per heavy atom. The van der Waals surface area contributed by atoms with Crippen LogP contribution in [0.4, 0.5) is 17.1 Å². The lowest BCUT2D eigenvalue weighted by atomic mass is 9.97. The lowest BCUT2D eigenvalue weighted by Gasteiger charge is -2.28. The van der Waals surface area contributed by atoms with E-state index in [1.54, 1.807) is 24.3 Å². The summed E-state index contributed by atoms with van der Waals surface area (Å²) in [6.45, 7) is 0. The van der Waals surface area contributed by atoms with Gasteiger partial charge in [0.15, 0.2) is 0 Å². The first-order valence-electron chi connectivity index (χ1n) is 23.9. The van der Waals surface area contributed by atoms with E-state index in [1.165, 1.54) is 11.3 Å². The Hall–Kier alpha value is -5.96. The molecule has 1 heterocycles. The van der Waals surface area contributed by atoms with Crippen LogP contribution in [0.3, 0.4) is 0 Å². The molecular weight excluding hydrogens is 599 g/mol. The van der Waals surface area contributed by atoms with Gasteiger partial charge in [0, 0.05) is 42.3 Å². The molecule has 0 saturated heterocycles. The van der Waals surface area contributed by atoms with Crippen molar-refractivity contribution in [1.29, 1.82) is 0 Å². The molecule has 226 valence electrons. The zero-order valence-electron chi connectivity index (χ0n) is 42.9. The van der Waals surface area contributed by atoms with Gasteiger partial charge < -0.3 is 4.90 Å². The molecule has 0 aliphatic heterocycles. The predicted molar refractivity (Wildman–Crippen MR) is 208 cm³/mol. The lowest BCUT2D eigenvalue weighted by molar-refractivity contribution is 1.30. The summed E-state index contributed by atoms with van der Waals surface area (Å²) in [5.74, 6) is 0. The van der Waals surface area contributed by atoms with E-state index in [0.717, 1.165) is 30.8 Å². The van der Waals surface area contributed by atoms with Crippen molar-refractivity contribution < 1.29 is 24.7 Å². The second-order valence-corrected chi connectivity index (χ2v) is 11.8. The van der Waals surface area contributed by atoms with Gasteiger partial charge in [-0.25, -0.2) is 0 Å². The van der Waals surface area contributed by atoms with Crippen molar-refractivity contribution in [2.24, 2.45) is 0 Å². The molecule has 0 radical (unpaired) electrons. The highest BCUT2D eigenvalue weighted by Gasteiger charge is 2.21. The maximum Gasteiger partial charge on any atom is 0.0645 e. The van der Waals surface area contributed by atoms with Crippen molar-refractivity contribution in [3.05, 3.63) is 188 Å². The molecule has 0 aliphatic rings. The number of anilines is 3. The standard InChI is InChI=1S/C46H31NS/c1-4-13-32(14-5-1)34-23-27-37(28-24-34)47(38-29-25-35(26-30-38)33-15-6-2-7-16-33)43-31-42-45-39(36-17-8-3-9-18-36)21-12-22-44(45)48-46(42)41-20-11-10-19-40(41)43/h1-31H/i1D,2D,4D,5D,6D,7D,13D,14D,15D,16D,23D,24D,25D,26D,27D,28D,29D,30D. The van der Waals surface area contributed by atoms with Crippen molar-refractivity contribution >= 4 is 59.3 Å². The highest BCUT2D eigenvalue weighted by molar-refractivity contribution is 7.26. The molecule has 2 heteroatoms. The maximum absolute atomic E-state index is 9.60. The number of nitrogens with zero attached hydrogens (tertiary/aromatic N) is 1. The van der Waals surface area contributed by atoms with Crippen molar-refractivity contribution in [1.82, 2.24) is 0 Å². The van der Waals surface area contributed by atoms with E-state index in [-0.39, 0.29) is 5.69 Å². The largest absolute Gasteiger partial charge is 0.310 e. The van der Waals surface area contributed by atoms with Crippen LogP contribution in [-0.4, -0.2) is 0 Å². The quantitative estimate of drug-likeness (QED) is 0.174. The van der Waals surface area contributed by atoms with Gasteiger partial charge in [0.1, 0.15) is 0 Å². The van der Waals surface area contributed by atoms with Crippen LogP contribution in [-0.2, 0) is 0 Å². The zero-order valence-corrected chi connectivity index (χ0v) is 25.7. The number of rotatable bonds is 6. The first kappa shape index (κ1) is 15.3. The zero-order chi connectivity index (χ0) is 47.5. The Balaban J connectivity index is 1.46. The SMILES string of the molecule is [2H]c1c([2H])c([2H])c(-c2c([2H])c([2H])c(N(c3c([2H])c([2H])c(-c4c([2H])c([2H])c([2H])c([2H])c4[2H])c([2H])c3[2H])c3cc4c(sc5cccc(-c6ccccc6)c54)c4ccccc34)c([2H])c2[2H])c([2H])c1[2H]. The number of thiophene rings is 1. The second kappa shape index (κ2) is 12.0. The van der Waals surface area contributed by atoms with Crippen LogP contribution < -0.4 is 4.90 Å². The van der Waals surface area contributed by atoms with Gasteiger partial charge >= 0.3 is 0 Å². The second-order valence-electron chi connectivity index (χ2n) is 10.7. The third kappa shape index (κ3) is 4.95. The van der Waals surface area contributed by atoms with Crippen LogP contribution in [0.5, 0.6) is 0 Å². The van der Waals surface area contributed by atoms with E-state index in [9.17, 15) is 11.0 Å². The minimum Gasteiger partial charge on any atom is -0.310 e. The number of hydrogen-bond acceptors (Lipinski definition) is 2. The van der Waals surface area contributed by atoms with Crippen molar-refractivity contribution in [2.45, 2.75) is 0 Å². The van der Waals surface area contributed by atoms with Crippen LogP contribution in [0.15, 0.2) is 188 Å². The van der Waals surface area contributed by atoms with Crippen molar-refractivity contribution in [3.8, 4) is 33.4 Å². The van der Waals surface area contributed by atoms with Crippen molar-refractivity contribution in [3.63, 3.8) is 0 Å². The Morgan fingerprint density at radius 3 is 1.58 bits per heavy atom. The number of benzene rings is 8. The van der Waals surface area contributed by atoms with Gasteiger partial charge in [-0.15, -0.1) is 11.3 Å². The van der Waals surface area contributed by atoms with Crippen LogP contribution in [0.25, 0.3) is 64.3 Å². The van der Waals surface area contributed by atoms with E-state index in [1.807, 2.05) is 54.6 Å². The Labute approximate surface area is 309 Å². The molecule has 9 rings (SSSR count). The van der Waals surface area contributed by atoms with Gasteiger partial charge in [-0.3, -0.25) is 0 Å². The molecule has 0 bridgehead atoms. The van der Waals surface area contributed by atoms with Gasteiger partial charge in [0.05, 0.1) is 30.4 Å². The van der Waals surface area contributed by atoms with E-state index < -0.39 is 142 Å². The summed E-state index contributed by atoms with van der Waals surface area (Å²) >= 11 is 1.50. The van der Waals surface area contributed by atoms with Gasteiger partial charge in [-0.1, -0.05) is 151 Å². The van der Waals surface area contributed by atoms with Crippen LogP contribution in [0.2, 0.25) is 0 Å². The molecule has 0 atom stereocenters. The summed E-state index contributed by atoms with van der Waals surface area (Å²) in [7, 11) is 0. The highest BCUT2D eigenvalue weighted by atomic mass is 32.1. The molecule has 0 aliphatic carbocycles. The van der Waals surface area contributed by atoms with E-state index in [0.29, 0.717) is 16.2 Å². The van der Waals surface area contributed by atoms with E-state index in [2.05, 4.69) is 0 Å². The van der Waals surface area contributed by atoms with E-state index in [4.69, 9.17) is 13.7 Å². The van der Waals surface area contributed by atoms with Crippen molar-refractivity contribution in [2.75, 3.05) is 4.90 Å². The summed E-state index contributed by atoms with van der Waals surface area (Å²) < 4.78 is 161. The monoisotopic (exact) mass is 647 g/mol. The Bertz CT molecular complexity index is 3340. The van der Waals surface area contributed by atoms with Crippen LogP contribution in [0, 0.1) is 0 Å². The third-order valence-electron chi connectivity index (χ3n) is 7.98. The molecule has 0 spiro atoms. The first-order valence-corrected chi connectivity index (χ1v) is 15.7. The average Bonchev–Trinajstić information content (AvgIpc) is 3.71. The number of hydrogen-bond donors (Lipinski definition) is 0. The minimum absolute atomic E-state index is 0.0911. The molecule has 0 fully saturated rings. The fourth-order valence-electron chi connectivity index (χ4n) is 5.86. The molecule has 9 aromatic rings. The Kier molecular flexibility index (Phi) is 3.82. The normalized spacial score (nSPS) is 16.6. The topological polar surface area (TPSA) is 3.24 Å². The van der Waals surface area contributed by atoms with Crippen LogP contribution in [0.1, 0.15) is 24.7 Å². The minimum atomic E-state index is -0.835. The molecular formula is C46H31NS. The van der Waals surface area contributed by atoms with E-state index >= 15 is 0 Å². The lowest BCUT2D eigenvalue weighted by Crippen LogP contribution is -2.10. The molecule has 0 N–H and O–H groups in total. The summed E-state index contributed by atoms with van der Waals surface area (Å²) in [4.78, 5) is 1.09. The molecule has 48 heavy (non-hydrogen) atoms. The Morgan fingerprint density at radius 2 is 0.979 bits per heavy atom. The molecule has 0 amide bonds. The molecule has 1 nitrogen and oxygen atoms in total. The molecule has 0 unspecified atom stereocenters. The van der Waals surface area contributed by atoms with Gasteiger partial charge in [-0.2, -0.15) is 0 Å². The van der Waals surface area contributed by atoms with Gasteiger partial charge in [0.2, 0.25) is 0 Å². The summed E-state index contributed by atoms with van der Waals surface area (Å²) in [6, 6.07) is 9.94. The average molecular weight is 648 g/mol. The molecule has 8 aromatic carbocycles. The first-order chi connectivity index (χ1) is 31.3.